The lowest BCUT2D eigenvalue weighted by Gasteiger charge is -2.45. The van der Waals surface area contributed by atoms with Crippen molar-refractivity contribution in [1.29, 1.82) is 0 Å². The second-order valence-corrected chi connectivity index (χ2v) is 8.21. The molecule has 0 radical (unpaired) electrons. The number of nitrogens with one attached hydrogen (secondary N) is 1. The van der Waals surface area contributed by atoms with Crippen molar-refractivity contribution in [3.05, 3.63) is 70.4 Å². The third-order valence-electron chi connectivity index (χ3n) is 5.27. The lowest BCUT2D eigenvalue weighted by Crippen LogP contribution is -2.43. The number of hydrazone groups is 1. The number of carbonyl (C=O) groups excluding carboxylic acids is 1. The zero-order valence-electron chi connectivity index (χ0n) is 14.9. The summed E-state index contributed by atoms with van der Waals surface area (Å²) in [5, 5.41) is 5.26. The number of halogens is 1. The molecule has 5 nitrogen and oxygen atoms in total. The molecule has 1 heterocycles. The quantitative estimate of drug-likeness (QED) is 0.458. The van der Waals surface area contributed by atoms with Crippen LogP contribution in [0.1, 0.15) is 31.1 Å². The first-order valence-electron chi connectivity index (χ1n) is 8.83. The van der Waals surface area contributed by atoms with Crippen LogP contribution < -0.4 is 11.2 Å². The zero-order valence-corrected chi connectivity index (χ0v) is 16.5. The van der Waals surface area contributed by atoms with Gasteiger partial charge in [-0.3, -0.25) is 0 Å². The first kappa shape index (κ1) is 17.8. The molecule has 1 aliphatic rings. The Morgan fingerprint density at radius 3 is 2.67 bits per heavy atom. The Hall–Kier alpha value is -2.60. The van der Waals surface area contributed by atoms with Gasteiger partial charge >= 0.3 is 6.03 Å². The molecule has 0 atom stereocenters. The van der Waals surface area contributed by atoms with E-state index in [1.165, 1.54) is 5.56 Å². The molecular formula is C21H20BrN3O2. The van der Waals surface area contributed by atoms with Crippen LogP contribution in [0.5, 0.6) is 0 Å². The number of carbonyl (C=O) groups is 1. The molecule has 2 amide bonds. The summed E-state index contributed by atoms with van der Waals surface area (Å²) in [4.78, 5) is 11.2. The normalized spacial score (nSPS) is 22.4. The van der Waals surface area contributed by atoms with Crippen molar-refractivity contribution in [3.63, 3.8) is 0 Å². The fourth-order valence-electron chi connectivity index (χ4n) is 3.90. The van der Waals surface area contributed by atoms with E-state index in [1.54, 1.807) is 0 Å². The van der Waals surface area contributed by atoms with E-state index in [2.05, 4.69) is 57.6 Å². The molecule has 27 heavy (non-hydrogen) atoms. The minimum absolute atomic E-state index is 0.0917. The number of amides is 2. The Morgan fingerprint density at radius 1 is 1.22 bits per heavy atom. The van der Waals surface area contributed by atoms with Gasteiger partial charge in [0.15, 0.2) is 5.76 Å². The van der Waals surface area contributed by atoms with Crippen LogP contribution in [-0.2, 0) is 5.41 Å². The predicted octanol–water partition coefficient (Wildman–Crippen LogP) is 4.94. The minimum atomic E-state index is -0.684. The molecule has 3 aromatic rings. The Balaban J connectivity index is 1.64. The van der Waals surface area contributed by atoms with Gasteiger partial charge in [-0.25, -0.2) is 10.2 Å². The number of urea groups is 1. The van der Waals surface area contributed by atoms with Crippen LogP contribution in [-0.4, -0.2) is 11.7 Å². The summed E-state index contributed by atoms with van der Waals surface area (Å²) < 4.78 is 6.99. The SMILES string of the molecule is CC1(c2ccccc2)CC(C(=NNC(N)=O)c2cc3cc(Br)ccc3o2)C1. The molecule has 2 aromatic carbocycles. The highest BCUT2D eigenvalue weighted by atomic mass is 79.9. The molecule has 3 N–H and O–H groups in total. The maximum atomic E-state index is 11.2. The lowest BCUT2D eigenvalue weighted by atomic mass is 9.58. The fraction of sp³-hybridized carbons (Fsp3) is 0.238. The molecule has 0 unspecified atom stereocenters. The monoisotopic (exact) mass is 425 g/mol. The first-order valence-corrected chi connectivity index (χ1v) is 9.62. The topological polar surface area (TPSA) is 80.6 Å². The molecule has 0 saturated heterocycles. The van der Waals surface area contributed by atoms with Crippen molar-refractivity contribution in [1.82, 2.24) is 5.43 Å². The van der Waals surface area contributed by atoms with Gasteiger partial charge in [0.1, 0.15) is 11.3 Å². The van der Waals surface area contributed by atoms with Gasteiger partial charge in [0.05, 0.1) is 0 Å². The number of hydrogen-bond acceptors (Lipinski definition) is 3. The molecule has 1 fully saturated rings. The summed E-state index contributed by atoms with van der Waals surface area (Å²) in [5.41, 5.74) is 10.5. The number of nitrogens with two attached hydrogens (primary N) is 1. The van der Waals surface area contributed by atoms with Crippen molar-refractivity contribution in [2.75, 3.05) is 0 Å². The van der Waals surface area contributed by atoms with E-state index in [0.717, 1.165) is 34.0 Å². The fourth-order valence-corrected chi connectivity index (χ4v) is 4.28. The van der Waals surface area contributed by atoms with Crippen molar-refractivity contribution < 1.29 is 9.21 Å². The Labute approximate surface area is 165 Å². The number of rotatable bonds is 4. The van der Waals surface area contributed by atoms with Gasteiger partial charge in [0, 0.05) is 15.8 Å². The van der Waals surface area contributed by atoms with Gasteiger partial charge in [-0.1, -0.05) is 53.2 Å². The second kappa shape index (κ2) is 6.85. The van der Waals surface area contributed by atoms with Gasteiger partial charge in [-0.2, -0.15) is 5.10 Å². The van der Waals surface area contributed by atoms with Crippen molar-refractivity contribution >= 4 is 38.6 Å². The van der Waals surface area contributed by atoms with E-state index in [-0.39, 0.29) is 11.3 Å². The zero-order chi connectivity index (χ0) is 19.0. The summed E-state index contributed by atoms with van der Waals surface area (Å²) in [5.74, 6) is 0.850. The predicted molar refractivity (Wildman–Crippen MR) is 110 cm³/mol. The summed E-state index contributed by atoms with van der Waals surface area (Å²) in [6.45, 7) is 2.26. The average Bonchev–Trinajstić information content (AvgIpc) is 3.03. The highest BCUT2D eigenvalue weighted by Gasteiger charge is 2.44. The van der Waals surface area contributed by atoms with Crippen LogP contribution >= 0.6 is 15.9 Å². The van der Waals surface area contributed by atoms with Crippen molar-refractivity contribution in [3.8, 4) is 0 Å². The molecule has 6 heteroatoms. The number of benzene rings is 2. The van der Waals surface area contributed by atoms with Crippen molar-refractivity contribution in [2.45, 2.75) is 25.2 Å². The number of furan rings is 1. The molecule has 0 aliphatic heterocycles. The Kier molecular flexibility index (Phi) is 4.52. The van der Waals surface area contributed by atoms with Gasteiger partial charge in [-0.05, 0) is 48.1 Å². The van der Waals surface area contributed by atoms with E-state index in [0.29, 0.717) is 5.76 Å². The highest BCUT2D eigenvalue weighted by molar-refractivity contribution is 9.10. The summed E-state index contributed by atoms with van der Waals surface area (Å²) in [6, 6.07) is 17.6. The molecular weight excluding hydrogens is 406 g/mol. The van der Waals surface area contributed by atoms with E-state index in [9.17, 15) is 4.79 Å². The summed E-state index contributed by atoms with van der Waals surface area (Å²) in [6.07, 6.45) is 1.86. The van der Waals surface area contributed by atoms with Gasteiger partial charge < -0.3 is 10.2 Å². The Bertz CT molecular complexity index is 1020. The molecule has 138 valence electrons. The van der Waals surface area contributed by atoms with Crippen LogP contribution in [0.3, 0.4) is 0 Å². The smallest absolute Gasteiger partial charge is 0.332 e. The van der Waals surface area contributed by atoms with Gasteiger partial charge in [0.25, 0.3) is 0 Å². The molecule has 0 spiro atoms. The van der Waals surface area contributed by atoms with Crippen LogP contribution in [0.15, 0.2) is 68.6 Å². The minimum Gasteiger partial charge on any atom is -0.455 e. The highest BCUT2D eigenvalue weighted by Crippen LogP contribution is 2.49. The number of nitrogens with zero attached hydrogens (tertiary/aromatic N) is 1. The Morgan fingerprint density at radius 2 is 1.96 bits per heavy atom. The van der Waals surface area contributed by atoms with Crippen LogP contribution in [0.4, 0.5) is 4.79 Å². The van der Waals surface area contributed by atoms with Gasteiger partial charge in [-0.15, -0.1) is 0 Å². The second-order valence-electron chi connectivity index (χ2n) is 7.30. The van der Waals surface area contributed by atoms with Crippen LogP contribution in [0, 0.1) is 5.92 Å². The maximum absolute atomic E-state index is 11.2. The lowest BCUT2D eigenvalue weighted by molar-refractivity contribution is 0.216. The third-order valence-corrected chi connectivity index (χ3v) is 5.76. The first-order chi connectivity index (χ1) is 12.9. The molecule has 0 bridgehead atoms. The summed E-state index contributed by atoms with van der Waals surface area (Å²) in [7, 11) is 0. The van der Waals surface area contributed by atoms with Gasteiger partial charge in [0.2, 0.25) is 0 Å². The largest absolute Gasteiger partial charge is 0.455 e. The van der Waals surface area contributed by atoms with Crippen LogP contribution in [0.2, 0.25) is 0 Å². The van der Waals surface area contributed by atoms with Crippen molar-refractivity contribution in [2.24, 2.45) is 16.8 Å². The standard InChI is InChI=1S/C21H20BrN3O2/c1-21(15-5-3-2-4-6-15)11-14(12-21)19(24-25-20(23)26)18-10-13-9-16(22)7-8-17(13)27-18/h2-10,14H,11-12H2,1H3,(H3,23,25,26). The van der Waals surface area contributed by atoms with E-state index in [1.807, 2.05) is 30.3 Å². The maximum Gasteiger partial charge on any atom is 0.332 e. The molecule has 1 aromatic heterocycles. The number of hydrogen-bond donors (Lipinski definition) is 2. The summed E-state index contributed by atoms with van der Waals surface area (Å²) >= 11 is 3.48. The molecule has 1 aliphatic carbocycles. The number of fused-ring (bicyclic) bond motifs is 1. The van der Waals surface area contributed by atoms with E-state index < -0.39 is 6.03 Å². The van der Waals surface area contributed by atoms with Crippen LogP contribution in [0.25, 0.3) is 11.0 Å². The molecule has 1 saturated carbocycles. The number of primary amides is 1. The van der Waals surface area contributed by atoms with E-state index in [4.69, 9.17) is 10.2 Å². The van der Waals surface area contributed by atoms with E-state index >= 15 is 0 Å². The molecule has 4 rings (SSSR count). The third kappa shape index (κ3) is 3.49. The average molecular weight is 426 g/mol.